The van der Waals surface area contributed by atoms with Crippen molar-refractivity contribution in [2.24, 2.45) is 0 Å². The molecule has 3 aromatic rings. The summed E-state index contributed by atoms with van der Waals surface area (Å²) in [4.78, 5) is 28.1. The van der Waals surface area contributed by atoms with Gasteiger partial charge in [0.15, 0.2) is 0 Å². The first-order valence-electron chi connectivity index (χ1n) is 12.0. The Balaban J connectivity index is 2.04. The monoisotopic (exact) mass is 585 g/mol. The largest absolute Gasteiger partial charge is 0.355 e. The van der Waals surface area contributed by atoms with E-state index in [0.29, 0.717) is 12.2 Å². The summed E-state index contributed by atoms with van der Waals surface area (Å²) >= 11 is 3.45. The molecule has 0 aliphatic rings. The summed E-state index contributed by atoms with van der Waals surface area (Å²) in [6.45, 7) is 7.38. The number of carbonyl (C=O) groups excluding carboxylic acids is 2. The summed E-state index contributed by atoms with van der Waals surface area (Å²) in [5.41, 5.74) is 3.10. The first-order chi connectivity index (χ1) is 17.5. The number of likely N-dealkylation sites (N-methyl/N-ethyl adjacent to an activating group) is 1. The second kappa shape index (κ2) is 12.4. The van der Waals surface area contributed by atoms with Crippen LogP contribution in [0.4, 0.5) is 5.69 Å². The number of amides is 2. The number of nitrogens with zero attached hydrogens (tertiary/aromatic N) is 2. The number of hydrogen-bond acceptors (Lipinski definition) is 4. The molecule has 0 aromatic heterocycles. The Bertz CT molecular complexity index is 1360. The van der Waals surface area contributed by atoms with Gasteiger partial charge in [0.2, 0.25) is 11.8 Å². The Hall–Kier alpha value is -3.17. The van der Waals surface area contributed by atoms with Crippen LogP contribution in [0, 0.1) is 13.8 Å². The van der Waals surface area contributed by atoms with E-state index in [0.717, 1.165) is 25.5 Å². The smallest absolute Gasteiger partial charge is 0.264 e. The summed E-state index contributed by atoms with van der Waals surface area (Å²) in [6.07, 6.45) is 0. The zero-order valence-corrected chi connectivity index (χ0v) is 23.8. The molecule has 0 aliphatic carbocycles. The zero-order chi connectivity index (χ0) is 27.2. The van der Waals surface area contributed by atoms with E-state index < -0.39 is 28.5 Å². The number of rotatable bonds is 10. The Morgan fingerprint density at radius 2 is 1.65 bits per heavy atom. The van der Waals surface area contributed by atoms with Gasteiger partial charge in [0.05, 0.1) is 10.6 Å². The van der Waals surface area contributed by atoms with Gasteiger partial charge < -0.3 is 10.2 Å². The molecule has 3 aromatic carbocycles. The predicted octanol–water partition coefficient (Wildman–Crippen LogP) is 4.81. The minimum Gasteiger partial charge on any atom is -0.355 e. The maximum absolute atomic E-state index is 13.8. The summed E-state index contributed by atoms with van der Waals surface area (Å²) in [7, 11) is -4.07. The molecule has 0 saturated heterocycles. The van der Waals surface area contributed by atoms with E-state index in [1.54, 1.807) is 44.2 Å². The van der Waals surface area contributed by atoms with Crippen molar-refractivity contribution in [3.63, 3.8) is 0 Å². The van der Waals surface area contributed by atoms with E-state index in [9.17, 15) is 18.0 Å². The second-order valence-corrected chi connectivity index (χ2v) is 11.6. The molecule has 7 nitrogen and oxygen atoms in total. The van der Waals surface area contributed by atoms with Crippen molar-refractivity contribution in [1.29, 1.82) is 0 Å². The van der Waals surface area contributed by atoms with Crippen molar-refractivity contribution >= 4 is 43.5 Å². The van der Waals surface area contributed by atoms with Gasteiger partial charge in [0, 0.05) is 17.6 Å². The van der Waals surface area contributed by atoms with Crippen LogP contribution in [0.2, 0.25) is 0 Å². The van der Waals surface area contributed by atoms with E-state index in [1.807, 2.05) is 44.2 Å². The lowest BCUT2D eigenvalue weighted by Gasteiger charge is -2.32. The number of anilines is 1. The van der Waals surface area contributed by atoms with E-state index in [2.05, 4.69) is 21.2 Å². The fourth-order valence-corrected chi connectivity index (χ4v) is 5.74. The van der Waals surface area contributed by atoms with Crippen molar-refractivity contribution in [3.05, 3.63) is 94.0 Å². The Labute approximate surface area is 227 Å². The van der Waals surface area contributed by atoms with Crippen LogP contribution in [-0.4, -0.2) is 44.3 Å². The number of sulfonamides is 1. The number of aryl methyl sites for hydroxylation is 2. The molecule has 196 valence electrons. The second-order valence-electron chi connectivity index (χ2n) is 8.82. The summed E-state index contributed by atoms with van der Waals surface area (Å²) in [6, 6.07) is 19.9. The Morgan fingerprint density at radius 3 is 2.27 bits per heavy atom. The number of halogens is 1. The third-order valence-corrected chi connectivity index (χ3v) is 8.43. The lowest BCUT2D eigenvalue weighted by atomic mass is 10.1. The van der Waals surface area contributed by atoms with Crippen LogP contribution in [0.15, 0.2) is 82.2 Å². The molecule has 1 N–H and O–H groups in total. The van der Waals surface area contributed by atoms with Gasteiger partial charge in [-0.05, 0) is 80.8 Å². The lowest BCUT2D eigenvalue weighted by Crippen LogP contribution is -2.51. The third-order valence-electron chi connectivity index (χ3n) is 6.15. The van der Waals surface area contributed by atoms with Gasteiger partial charge in [-0.1, -0.05) is 52.3 Å². The van der Waals surface area contributed by atoms with Crippen LogP contribution in [0.25, 0.3) is 0 Å². The molecule has 1 atom stereocenters. The van der Waals surface area contributed by atoms with Crippen molar-refractivity contribution in [3.8, 4) is 0 Å². The van der Waals surface area contributed by atoms with Gasteiger partial charge in [0.1, 0.15) is 12.6 Å². The van der Waals surface area contributed by atoms with Gasteiger partial charge in [-0.3, -0.25) is 13.9 Å². The SMILES string of the molecule is CCNC(=O)C(C)N(Cc1cccc(Br)c1)C(=O)CN(c1ccc(C)c(C)c1)S(=O)(=O)c1ccccc1. The van der Waals surface area contributed by atoms with Crippen LogP contribution in [0.1, 0.15) is 30.5 Å². The van der Waals surface area contributed by atoms with E-state index >= 15 is 0 Å². The minimum atomic E-state index is -4.07. The quantitative estimate of drug-likeness (QED) is 0.370. The normalized spacial score (nSPS) is 12.0. The number of hydrogen-bond donors (Lipinski definition) is 1. The van der Waals surface area contributed by atoms with Crippen molar-refractivity contribution in [2.75, 3.05) is 17.4 Å². The predicted molar refractivity (Wildman–Crippen MR) is 150 cm³/mol. The average Bonchev–Trinajstić information content (AvgIpc) is 2.87. The molecule has 2 amide bonds. The van der Waals surface area contributed by atoms with Crippen molar-refractivity contribution in [1.82, 2.24) is 10.2 Å². The first kappa shape index (κ1) is 28.4. The van der Waals surface area contributed by atoms with Crippen LogP contribution in [0.3, 0.4) is 0 Å². The number of nitrogens with one attached hydrogen (secondary N) is 1. The lowest BCUT2D eigenvalue weighted by molar-refractivity contribution is -0.139. The van der Waals surface area contributed by atoms with Crippen molar-refractivity contribution in [2.45, 2.75) is 45.2 Å². The van der Waals surface area contributed by atoms with Crippen molar-refractivity contribution < 1.29 is 18.0 Å². The van der Waals surface area contributed by atoms with Crippen LogP contribution in [-0.2, 0) is 26.2 Å². The molecule has 1 unspecified atom stereocenters. The topological polar surface area (TPSA) is 86.8 Å². The molecule has 0 saturated carbocycles. The molecule has 9 heteroatoms. The highest BCUT2D eigenvalue weighted by Crippen LogP contribution is 2.26. The summed E-state index contributed by atoms with van der Waals surface area (Å²) in [5.74, 6) is -0.800. The average molecular weight is 587 g/mol. The Kier molecular flexibility index (Phi) is 9.50. The van der Waals surface area contributed by atoms with Crippen LogP contribution in [0.5, 0.6) is 0 Å². The standard InChI is InChI=1S/C28H32BrN3O4S/c1-5-30-28(34)22(4)31(18-23-10-9-11-24(29)17-23)27(33)19-32(25-15-14-20(2)21(3)16-25)37(35,36)26-12-7-6-8-13-26/h6-17,22H,5,18-19H2,1-4H3,(H,30,34). The number of carbonyl (C=O) groups is 2. The molecule has 0 bridgehead atoms. The molecule has 3 rings (SSSR count). The van der Waals surface area contributed by atoms with Gasteiger partial charge in [0.25, 0.3) is 10.0 Å². The van der Waals surface area contributed by atoms with Gasteiger partial charge >= 0.3 is 0 Å². The number of benzene rings is 3. The maximum atomic E-state index is 13.8. The fraction of sp³-hybridized carbons (Fsp3) is 0.286. The Morgan fingerprint density at radius 1 is 0.946 bits per heavy atom. The highest BCUT2D eigenvalue weighted by molar-refractivity contribution is 9.10. The first-order valence-corrected chi connectivity index (χ1v) is 14.2. The molecular formula is C28H32BrN3O4S. The summed E-state index contributed by atoms with van der Waals surface area (Å²) in [5, 5.41) is 2.76. The molecular weight excluding hydrogens is 554 g/mol. The van der Waals surface area contributed by atoms with E-state index in [1.165, 1.54) is 17.0 Å². The van der Waals surface area contributed by atoms with Gasteiger partial charge in [-0.15, -0.1) is 0 Å². The highest BCUT2D eigenvalue weighted by atomic mass is 79.9. The molecule has 37 heavy (non-hydrogen) atoms. The van der Waals surface area contributed by atoms with E-state index in [4.69, 9.17) is 0 Å². The molecule has 0 heterocycles. The molecule has 0 radical (unpaired) electrons. The molecule has 0 aliphatic heterocycles. The van der Waals surface area contributed by atoms with Crippen LogP contribution >= 0.6 is 15.9 Å². The fourth-order valence-electron chi connectivity index (χ4n) is 3.87. The highest BCUT2D eigenvalue weighted by Gasteiger charge is 2.32. The van der Waals surface area contributed by atoms with E-state index in [-0.39, 0.29) is 17.3 Å². The zero-order valence-electron chi connectivity index (χ0n) is 21.4. The van der Waals surface area contributed by atoms with Gasteiger partial charge in [-0.2, -0.15) is 0 Å². The maximum Gasteiger partial charge on any atom is 0.264 e. The van der Waals surface area contributed by atoms with Crippen LogP contribution < -0.4 is 9.62 Å². The van der Waals surface area contributed by atoms with Gasteiger partial charge in [-0.25, -0.2) is 8.42 Å². The minimum absolute atomic E-state index is 0.0799. The third kappa shape index (κ3) is 6.99. The molecule has 0 fully saturated rings. The summed E-state index contributed by atoms with van der Waals surface area (Å²) < 4.78 is 29.5. The molecule has 0 spiro atoms.